The Labute approximate surface area is 131 Å². The third kappa shape index (κ3) is 3.41. The number of halogens is 2. The van der Waals surface area contributed by atoms with E-state index in [-0.39, 0.29) is 23.2 Å². The van der Waals surface area contributed by atoms with Crippen LogP contribution in [-0.4, -0.2) is 28.0 Å². The minimum Gasteiger partial charge on any atom is -0.366 e. The van der Waals surface area contributed by atoms with E-state index in [1.54, 1.807) is 6.20 Å². The Hall–Kier alpha value is -0.880. The van der Waals surface area contributed by atoms with Gasteiger partial charge in [-0.2, -0.15) is 4.98 Å². The van der Waals surface area contributed by atoms with Crippen LogP contribution in [0, 0.1) is 5.92 Å². The molecular weight excluding hydrogens is 344 g/mol. The predicted molar refractivity (Wildman–Crippen MR) is 80.7 cm³/mol. The van der Waals surface area contributed by atoms with E-state index < -0.39 is 0 Å². The molecule has 1 amide bonds. The summed E-state index contributed by atoms with van der Waals surface area (Å²) in [5.74, 6) is 1.21. The molecule has 2 N–H and O–H groups in total. The lowest BCUT2D eigenvalue weighted by atomic mass is 10.2. The number of hydrogen-bond donors (Lipinski definition) is 2. The van der Waals surface area contributed by atoms with Crippen LogP contribution in [0.4, 0.5) is 5.82 Å². The molecule has 2 atom stereocenters. The first-order chi connectivity index (χ1) is 9.61. The summed E-state index contributed by atoms with van der Waals surface area (Å²) in [5.41, 5.74) is 0. The summed E-state index contributed by atoms with van der Waals surface area (Å²) in [5, 5.41) is 6.73. The number of nitrogens with zero attached hydrogens (tertiary/aromatic N) is 2. The number of aromatic nitrogens is 2. The Balaban J connectivity index is 1.54. The van der Waals surface area contributed by atoms with Crippen LogP contribution in [0.3, 0.4) is 0 Å². The SMILES string of the molecule is O=C(N[C@@H]1CC[C@H](Nc2nc(Cl)ncc2Br)C1)C1CC1. The van der Waals surface area contributed by atoms with Gasteiger partial charge in [-0.25, -0.2) is 4.98 Å². The second-order valence-corrected chi connectivity index (χ2v) is 6.66. The molecule has 3 rings (SSSR count). The van der Waals surface area contributed by atoms with E-state index >= 15 is 0 Å². The molecule has 2 saturated carbocycles. The molecular formula is C13H16BrClN4O. The molecule has 2 aliphatic rings. The highest BCUT2D eigenvalue weighted by Gasteiger charge is 2.33. The second-order valence-electron chi connectivity index (χ2n) is 5.47. The van der Waals surface area contributed by atoms with Crippen molar-refractivity contribution in [1.82, 2.24) is 15.3 Å². The van der Waals surface area contributed by atoms with Gasteiger partial charge in [-0.3, -0.25) is 4.79 Å². The van der Waals surface area contributed by atoms with E-state index in [2.05, 4.69) is 36.5 Å². The van der Waals surface area contributed by atoms with E-state index in [0.717, 1.165) is 36.6 Å². The van der Waals surface area contributed by atoms with Gasteiger partial charge in [-0.15, -0.1) is 0 Å². The van der Waals surface area contributed by atoms with Crippen LogP contribution in [-0.2, 0) is 4.79 Å². The van der Waals surface area contributed by atoms with Crippen LogP contribution in [0.15, 0.2) is 10.7 Å². The Morgan fingerprint density at radius 3 is 2.80 bits per heavy atom. The van der Waals surface area contributed by atoms with Crippen molar-refractivity contribution in [3.05, 3.63) is 16.0 Å². The number of rotatable bonds is 4. The topological polar surface area (TPSA) is 66.9 Å². The summed E-state index contributed by atoms with van der Waals surface area (Å²) in [7, 11) is 0. The Bertz CT molecular complexity index is 523. The van der Waals surface area contributed by atoms with Gasteiger partial charge in [0.05, 0.1) is 4.47 Å². The van der Waals surface area contributed by atoms with Crippen LogP contribution in [0.5, 0.6) is 0 Å². The molecule has 5 nitrogen and oxygen atoms in total. The Morgan fingerprint density at radius 1 is 1.30 bits per heavy atom. The summed E-state index contributed by atoms with van der Waals surface area (Å²) in [6.45, 7) is 0. The van der Waals surface area contributed by atoms with Crippen LogP contribution >= 0.6 is 27.5 Å². The molecule has 1 aromatic rings. The summed E-state index contributed by atoms with van der Waals surface area (Å²) in [6, 6.07) is 0.582. The molecule has 0 bridgehead atoms. The molecule has 0 spiro atoms. The molecule has 108 valence electrons. The number of carbonyl (C=O) groups is 1. The van der Waals surface area contributed by atoms with Gasteiger partial charge < -0.3 is 10.6 Å². The first kappa shape index (κ1) is 14.1. The first-order valence-corrected chi connectivity index (χ1v) is 8.04. The van der Waals surface area contributed by atoms with Crippen molar-refractivity contribution in [1.29, 1.82) is 0 Å². The monoisotopic (exact) mass is 358 g/mol. The smallest absolute Gasteiger partial charge is 0.224 e. The van der Waals surface area contributed by atoms with E-state index in [0.29, 0.717) is 11.9 Å². The van der Waals surface area contributed by atoms with Gasteiger partial charge in [0.15, 0.2) is 0 Å². The number of nitrogens with one attached hydrogen (secondary N) is 2. The second kappa shape index (κ2) is 5.85. The van der Waals surface area contributed by atoms with Crippen molar-refractivity contribution in [2.24, 2.45) is 5.92 Å². The van der Waals surface area contributed by atoms with Crippen molar-refractivity contribution in [2.45, 2.75) is 44.2 Å². The number of carbonyl (C=O) groups excluding carboxylic acids is 1. The number of anilines is 1. The highest BCUT2D eigenvalue weighted by molar-refractivity contribution is 9.10. The zero-order valence-electron chi connectivity index (χ0n) is 10.9. The normalized spacial score (nSPS) is 25.5. The fourth-order valence-corrected chi connectivity index (χ4v) is 2.99. The molecule has 0 unspecified atom stereocenters. The standard InChI is InChI=1S/C13H16BrClN4O/c14-10-6-16-13(15)19-11(10)17-8-3-4-9(5-8)18-12(20)7-1-2-7/h6-9H,1-5H2,(H,18,20)(H,16,17,19)/t8-,9+/m0/s1. The van der Waals surface area contributed by atoms with Crippen LogP contribution in [0.25, 0.3) is 0 Å². The van der Waals surface area contributed by atoms with Crippen LogP contribution in [0.1, 0.15) is 32.1 Å². The van der Waals surface area contributed by atoms with Gasteiger partial charge in [0, 0.05) is 24.2 Å². The molecule has 2 aliphatic carbocycles. The lowest BCUT2D eigenvalue weighted by Gasteiger charge is -2.15. The number of amides is 1. The van der Waals surface area contributed by atoms with E-state index in [1.807, 2.05) is 0 Å². The molecule has 0 aliphatic heterocycles. The van der Waals surface area contributed by atoms with Crippen molar-refractivity contribution in [3.63, 3.8) is 0 Å². The van der Waals surface area contributed by atoms with Gasteiger partial charge in [-0.1, -0.05) is 0 Å². The summed E-state index contributed by atoms with van der Waals surface area (Å²) in [4.78, 5) is 19.8. The van der Waals surface area contributed by atoms with Crippen LogP contribution in [0.2, 0.25) is 5.28 Å². The van der Waals surface area contributed by atoms with E-state index in [9.17, 15) is 4.79 Å². The molecule has 0 saturated heterocycles. The van der Waals surface area contributed by atoms with Gasteiger partial charge in [-0.05, 0) is 59.6 Å². The van der Waals surface area contributed by atoms with Crippen molar-refractivity contribution in [3.8, 4) is 0 Å². The Morgan fingerprint density at radius 2 is 2.05 bits per heavy atom. The largest absolute Gasteiger partial charge is 0.366 e. The lowest BCUT2D eigenvalue weighted by molar-refractivity contribution is -0.122. The van der Waals surface area contributed by atoms with Crippen molar-refractivity contribution < 1.29 is 4.79 Å². The molecule has 7 heteroatoms. The van der Waals surface area contributed by atoms with Gasteiger partial charge in [0.25, 0.3) is 0 Å². The van der Waals surface area contributed by atoms with Gasteiger partial charge >= 0.3 is 0 Å². The first-order valence-electron chi connectivity index (χ1n) is 6.87. The lowest BCUT2D eigenvalue weighted by Crippen LogP contribution is -2.34. The maximum atomic E-state index is 11.7. The highest BCUT2D eigenvalue weighted by atomic mass is 79.9. The van der Waals surface area contributed by atoms with E-state index in [4.69, 9.17) is 11.6 Å². The molecule has 2 fully saturated rings. The van der Waals surface area contributed by atoms with E-state index in [1.165, 1.54) is 0 Å². The molecule has 1 aromatic heterocycles. The highest BCUT2D eigenvalue weighted by Crippen LogP contribution is 2.31. The molecule has 0 radical (unpaired) electrons. The minimum atomic E-state index is 0.224. The molecule has 20 heavy (non-hydrogen) atoms. The molecule has 1 heterocycles. The van der Waals surface area contributed by atoms with Gasteiger partial charge in [0.2, 0.25) is 11.2 Å². The Kier molecular flexibility index (Phi) is 4.12. The quantitative estimate of drug-likeness (QED) is 0.811. The summed E-state index contributed by atoms with van der Waals surface area (Å²) >= 11 is 9.21. The summed E-state index contributed by atoms with van der Waals surface area (Å²) in [6.07, 6.45) is 6.68. The van der Waals surface area contributed by atoms with Crippen LogP contribution < -0.4 is 10.6 Å². The van der Waals surface area contributed by atoms with Crippen molar-refractivity contribution in [2.75, 3.05) is 5.32 Å². The minimum absolute atomic E-state index is 0.224. The zero-order valence-corrected chi connectivity index (χ0v) is 13.2. The third-order valence-electron chi connectivity index (χ3n) is 3.78. The average Bonchev–Trinajstić information content (AvgIpc) is 3.17. The zero-order chi connectivity index (χ0) is 14.1. The maximum Gasteiger partial charge on any atom is 0.224 e. The summed E-state index contributed by atoms with van der Waals surface area (Å²) < 4.78 is 0.798. The van der Waals surface area contributed by atoms with Gasteiger partial charge in [0.1, 0.15) is 5.82 Å². The maximum absolute atomic E-state index is 11.7. The fourth-order valence-electron chi connectivity index (χ4n) is 2.55. The third-order valence-corrected chi connectivity index (χ3v) is 4.55. The average molecular weight is 360 g/mol. The predicted octanol–water partition coefficient (Wildman–Crippen LogP) is 2.75. The fraction of sp³-hybridized carbons (Fsp3) is 0.615. The number of hydrogen-bond acceptors (Lipinski definition) is 4. The molecule has 0 aromatic carbocycles. The van der Waals surface area contributed by atoms with Crippen molar-refractivity contribution >= 4 is 39.3 Å².